The van der Waals surface area contributed by atoms with Gasteiger partial charge in [0.05, 0.1) is 32.5 Å². The van der Waals surface area contributed by atoms with Crippen molar-refractivity contribution in [1.82, 2.24) is 15.1 Å². The highest BCUT2D eigenvalue weighted by atomic mass is 16.5. The highest BCUT2D eigenvalue weighted by Gasteiger charge is 2.34. The summed E-state index contributed by atoms with van der Waals surface area (Å²) in [6, 6.07) is 5.38. The smallest absolute Gasteiger partial charge is 0.237 e. The van der Waals surface area contributed by atoms with Gasteiger partial charge in [0, 0.05) is 25.6 Å². The molecule has 1 aromatic rings. The van der Waals surface area contributed by atoms with E-state index in [1.165, 1.54) is 0 Å². The molecule has 1 N–H and O–H groups in total. The van der Waals surface area contributed by atoms with Crippen molar-refractivity contribution in [3.8, 4) is 11.5 Å². The lowest BCUT2D eigenvalue weighted by molar-refractivity contribution is -0.149. The van der Waals surface area contributed by atoms with Crippen molar-refractivity contribution in [3.63, 3.8) is 0 Å². The molecule has 0 aromatic heterocycles. The van der Waals surface area contributed by atoms with Crippen LogP contribution in [0.3, 0.4) is 0 Å². The Morgan fingerprint density at radius 2 is 1.72 bits per heavy atom. The van der Waals surface area contributed by atoms with Crippen LogP contribution >= 0.6 is 0 Å². The lowest BCUT2D eigenvalue weighted by atomic mass is 9.93. The molecule has 0 spiro atoms. The predicted octanol–water partition coefficient (Wildman–Crippen LogP) is 2.06. The number of nitrogens with zero attached hydrogens (tertiary/aromatic N) is 2. The maximum Gasteiger partial charge on any atom is 0.237 e. The summed E-state index contributed by atoms with van der Waals surface area (Å²) in [4.78, 5) is 29.8. The predicted molar refractivity (Wildman–Crippen MR) is 122 cm³/mol. The summed E-state index contributed by atoms with van der Waals surface area (Å²) in [5, 5.41) is 3.01. The van der Waals surface area contributed by atoms with Gasteiger partial charge in [0.1, 0.15) is 0 Å². The second-order valence-corrected chi connectivity index (χ2v) is 8.89. The van der Waals surface area contributed by atoms with Crippen LogP contribution in [-0.4, -0.2) is 80.3 Å². The van der Waals surface area contributed by atoms with Crippen molar-refractivity contribution in [2.24, 2.45) is 5.92 Å². The number of morpholine rings is 1. The van der Waals surface area contributed by atoms with Gasteiger partial charge in [0.25, 0.3) is 0 Å². The highest BCUT2D eigenvalue weighted by Crippen LogP contribution is 2.27. The van der Waals surface area contributed by atoms with Gasteiger partial charge in [0.2, 0.25) is 11.8 Å². The van der Waals surface area contributed by atoms with Gasteiger partial charge in [-0.2, -0.15) is 0 Å². The molecule has 8 nitrogen and oxygen atoms in total. The number of rotatable bonds is 7. The molecule has 0 radical (unpaired) electrons. The van der Waals surface area contributed by atoms with Crippen LogP contribution in [0.5, 0.6) is 11.5 Å². The van der Waals surface area contributed by atoms with Crippen molar-refractivity contribution in [2.45, 2.75) is 58.4 Å². The fourth-order valence-corrected chi connectivity index (χ4v) is 4.64. The normalized spacial score (nSPS) is 23.5. The number of benzene rings is 1. The van der Waals surface area contributed by atoms with Crippen molar-refractivity contribution < 1.29 is 23.8 Å². The molecule has 2 aliphatic rings. The molecule has 32 heavy (non-hydrogen) atoms. The Kier molecular flexibility index (Phi) is 8.37. The average Bonchev–Trinajstić information content (AvgIpc) is 2.80. The SMILES string of the molecule is COc1ccc(CNC(=O)C(C)N2CCC(C(=O)N3CC(C)OC(C)C3)CC2)cc1OC. The van der Waals surface area contributed by atoms with Gasteiger partial charge in [-0.1, -0.05) is 6.07 Å². The number of hydrogen-bond acceptors (Lipinski definition) is 6. The van der Waals surface area contributed by atoms with Gasteiger partial charge in [0.15, 0.2) is 11.5 Å². The summed E-state index contributed by atoms with van der Waals surface area (Å²) >= 11 is 0. The molecular formula is C24H37N3O5. The Bertz CT molecular complexity index is 784. The first-order valence-corrected chi connectivity index (χ1v) is 11.5. The van der Waals surface area contributed by atoms with E-state index >= 15 is 0 Å². The fraction of sp³-hybridized carbons (Fsp3) is 0.667. The number of piperidine rings is 1. The summed E-state index contributed by atoms with van der Waals surface area (Å²) < 4.78 is 16.3. The third-order valence-corrected chi connectivity index (χ3v) is 6.45. The van der Waals surface area contributed by atoms with Crippen LogP contribution in [0.2, 0.25) is 0 Å². The lowest BCUT2D eigenvalue weighted by Crippen LogP contribution is -2.53. The molecule has 0 aliphatic carbocycles. The number of hydrogen-bond donors (Lipinski definition) is 1. The summed E-state index contributed by atoms with van der Waals surface area (Å²) in [5.41, 5.74) is 0.946. The van der Waals surface area contributed by atoms with Gasteiger partial charge in [-0.3, -0.25) is 14.5 Å². The van der Waals surface area contributed by atoms with E-state index in [-0.39, 0.29) is 36.0 Å². The van der Waals surface area contributed by atoms with Crippen LogP contribution < -0.4 is 14.8 Å². The van der Waals surface area contributed by atoms with Crippen molar-refractivity contribution in [2.75, 3.05) is 40.4 Å². The zero-order valence-corrected chi connectivity index (χ0v) is 19.9. The van der Waals surface area contributed by atoms with E-state index in [4.69, 9.17) is 14.2 Å². The minimum absolute atomic E-state index is 0.0135. The van der Waals surface area contributed by atoms with Crippen LogP contribution in [0.4, 0.5) is 0 Å². The van der Waals surface area contributed by atoms with E-state index < -0.39 is 0 Å². The quantitative estimate of drug-likeness (QED) is 0.689. The molecule has 2 amide bonds. The largest absolute Gasteiger partial charge is 0.493 e. The first-order valence-electron chi connectivity index (χ1n) is 11.5. The molecule has 2 fully saturated rings. The van der Waals surface area contributed by atoms with Crippen LogP contribution in [0, 0.1) is 5.92 Å². The van der Waals surface area contributed by atoms with Crippen LogP contribution in [0.1, 0.15) is 39.2 Å². The second-order valence-electron chi connectivity index (χ2n) is 8.89. The molecule has 1 aromatic carbocycles. The van der Waals surface area contributed by atoms with E-state index in [0.717, 1.165) is 31.5 Å². The van der Waals surface area contributed by atoms with Crippen molar-refractivity contribution in [1.29, 1.82) is 0 Å². The van der Waals surface area contributed by atoms with Crippen molar-refractivity contribution in [3.05, 3.63) is 23.8 Å². The fourth-order valence-electron chi connectivity index (χ4n) is 4.64. The molecule has 0 saturated carbocycles. The number of nitrogens with one attached hydrogen (secondary N) is 1. The highest BCUT2D eigenvalue weighted by molar-refractivity contribution is 5.81. The molecule has 2 heterocycles. The molecule has 8 heteroatoms. The summed E-state index contributed by atoms with van der Waals surface area (Å²) in [6.07, 6.45) is 1.73. The standard InChI is InChI=1S/C24H37N3O5/c1-16-14-27(15-17(2)32-16)24(29)20-8-10-26(11-9-20)18(3)23(28)25-13-19-6-7-21(30-4)22(12-19)31-5/h6-7,12,16-18,20H,8-11,13-15H2,1-5H3,(H,25,28). The molecule has 0 bridgehead atoms. The number of carbonyl (C=O) groups excluding carboxylic acids is 2. The monoisotopic (exact) mass is 447 g/mol. The number of ether oxygens (including phenoxy) is 3. The lowest BCUT2D eigenvalue weighted by Gasteiger charge is -2.40. The number of amides is 2. The van der Waals surface area contributed by atoms with Crippen LogP contribution in [-0.2, 0) is 20.9 Å². The third-order valence-electron chi connectivity index (χ3n) is 6.45. The van der Waals surface area contributed by atoms with E-state index in [2.05, 4.69) is 10.2 Å². The van der Waals surface area contributed by atoms with Gasteiger partial charge in [-0.25, -0.2) is 0 Å². The third kappa shape index (κ3) is 5.92. The van der Waals surface area contributed by atoms with Crippen molar-refractivity contribution >= 4 is 11.8 Å². The maximum absolute atomic E-state index is 13.0. The topological polar surface area (TPSA) is 80.3 Å². The Morgan fingerprint density at radius 3 is 2.31 bits per heavy atom. The Hall–Kier alpha value is -2.32. The number of methoxy groups -OCH3 is 2. The second kappa shape index (κ2) is 11.0. The van der Waals surface area contributed by atoms with Gasteiger partial charge >= 0.3 is 0 Å². The molecule has 3 rings (SSSR count). The molecule has 3 atom stereocenters. The molecule has 178 valence electrons. The van der Waals surface area contributed by atoms with E-state index in [9.17, 15) is 9.59 Å². The molecule has 2 aliphatic heterocycles. The van der Waals surface area contributed by atoms with Gasteiger partial charge in [-0.15, -0.1) is 0 Å². The molecule has 2 saturated heterocycles. The van der Waals surface area contributed by atoms with Crippen LogP contribution in [0.15, 0.2) is 18.2 Å². The minimum Gasteiger partial charge on any atom is -0.493 e. The summed E-state index contributed by atoms with van der Waals surface area (Å²) in [6.45, 7) is 9.20. The maximum atomic E-state index is 13.0. The first-order chi connectivity index (χ1) is 15.3. The van der Waals surface area contributed by atoms with E-state index in [1.54, 1.807) is 14.2 Å². The Balaban J connectivity index is 1.47. The zero-order chi connectivity index (χ0) is 23.3. The van der Waals surface area contributed by atoms with Gasteiger partial charge in [-0.05, 0) is 64.4 Å². The first kappa shape index (κ1) is 24.3. The van der Waals surface area contributed by atoms with E-state index in [0.29, 0.717) is 31.1 Å². The van der Waals surface area contributed by atoms with Gasteiger partial charge < -0.3 is 24.4 Å². The summed E-state index contributed by atoms with van der Waals surface area (Å²) in [7, 11) is 3.19. The van der Waals surface area contributed by atoms with E-state index in [1.807, 2.05) is 43.9 Å². The molecular weight excluding hydrogens is 410 g/mol. The summed E-state index contributed by atoms with van der Waals surface area (Å²) in [5.74, 6) is 1.56. The minimum atomic E-state index is -0.241. The Morgan fingerprint density at radius 1 is 1.09 bits per heavy atom. The number of carbonyl (C=O) groups is 2. The molecule has 3 unspecified atom stereocenters. The number of likely N-dealkylation sites (tertiary alicyclic amines) is 1. The van der Waals surface area contributed by atoms with Crippen LogP contribution in [0.25, 0.3) is 0 Å². The Labute approximate surface area is 191 Å². The zero-order valence-electron chi connectivity index (χ0n) is 19.9. The average molecular weight is 448 g/mol.